The highest BCUT2D eigenvalue weighted by Gasteiger charge is 2.26. The zero-order valence-electron chi connectivity index (χ0n) is 21.5. The summed E-state index contributed by atoms with van der Waals surface area (Å²) >= 11 is 0. The fourth-order valence-corrected chi connectivity index (χ4v) is 6.93. The lowest BCUT2D eigenvalue weighted by Gasteiger charge is -2.34. The number of piperidine rings is 1. The minimum absolute atomic E-state index is 0.245. The Kier molecular flexibility index (Phi) is 7.23. The number of fused-ring (bicyclic) bond motifs is 1. The van der Waals surface area contributed by atoms with Crippen LogP contribution >= 0.6 is 0 Å². The lowest BCUT2D eigenvalue weighted by atomic mass is 9.89. The van der Waals surface area contributed by atoms with Gasteiger partial charge >= 0.3 is 0 Å². The second-order valence-corrected chi connectivity index (χ2v) is 12.0. The Labute approximate surface area is 220 Å². The van der Waals surface area contributed by atoms with E-state index in [-0.39, 0.29) is 9.79 Å². The minimum atomic E-state index is -3.72. The van der Waals surface area contributed by atoms with Gasteiger partial charge < -0.3 is 14.5 Å². The molecule has 1 fully saturated rings. The molecule has 0 spiro atoms. The summed E-state index contributed by atoms with van der Waals surface area (Å²) in [4.78, 5) is 5.12. The lowest BCUT2D eigenvalue weighted by molar-refractivity contribution is 0.352. The number of nitriles is 1. The number of benzene rings is 3. The molecule has 0 aromatic heterocycles. The summed E-state index contributed by atoms with van der Waals surface area (Å²) in [6.07, 6.45) is 3.76. The van der Waals surface area contributed by atoms with Crippen molar-refractivity contribution in [2.24, 2.45) is 0 Å². The van der Waals surface area contributed by atoms with E-state index in [4.69, 9.17) is 10.00 Å². The van der Waals surface area contributed by atoms with Gasteiger partial charge in [0, 0.05) is 31.9 Å². The van der Waals surface area contributed by atoms with Crippen molar-refractivity contribution in [1.29, 1.82) is 5.26 Å². The van der Waals surface area contributed by atoms with Crippen LogP contribution in [0.3, 0.4) is 0 Å². The third-order valence-corrected chi connectivity index (χ3v) is 9.61. The molecule has 5 rings (SSSR count). The molecule has 192 valence electrons. The summed E-state index contributed by atoms with van der Waals surface area (Å²) in [5.41, 5.74) is 5.26. The average Bonchev–Trinajstić information content (AvgIpc) is 3.13. The van der Waals surface area contributed by atoms with Gasteiger partial charge in [-0.05, 0) is 104 Å². The van der Waals surface area contributed by atoms with Crippen LogP contribution in [0.15, 0.2) is 70.5 Å². The lowest BCUT2D eigenvalue weighted by Crippen LogP contribution is -2.32. The number of rotatable bonds is 5. The van der Waals surface area contributed by atoms with E-state index in [0.29, 0.717) is 17.2 Å². The van der Waals surface area contributed by atoms with Crippen molar-refractivity contribution in [1.82, 2.24) is 4.90 Å². The van der Waals surface area contributed by atoms with Crippen molar-refractivity contribution in [3.63, 3.8) is 0 Å². The molecule has 0 atom stereocenters. The Morgan fingerprint density at radius 1 is 0.892 bits per heavy atom. The van der Waals surface area contributed by atoms with Crippen LogP contribution in [0.4, 0.5) is 5.69 Å². The number of anilines is 1. The molecule has 6 nitrogen and oxygen atoms in total. The summed E-state index contributed by atoms with van der Waals surface area (Å²) < 4.78 is 32.9. The first kappa shape index (κ1) is 25.3. The van der Waals surface area contributed by atoms with Gasteiger partial charge in [-0.25, -0.2) is 8.42 Å². The molecule has 2 aliphatic heterocycles. The number of hydrogen-bond acceptors (Lipinski definition) is 6. The molecular formula is C30H33N3O3S. The maximum Gasteiger partial charge on any atom is 0.210 e. The molecule has 3 aromatic carbocycles. The molecule has 3 aromatic rings. The fraction of sp³-hybridized carbons (Fsp3) is 0.367. The Bertz CT molecular complexity index is 1400. The number of hydrogen-bond donors (Lipinski definition) is 0. The Morgan fingerprint density at radius 3 is 2.11 bits per heavy atom. The van der Waals surface area contributed by atoms with E-state index >= 15 is 0 Å². The van der Waals surface area contributed by atoms with Crippen LogP contribution in [-0.4, -0.2) is 53.7 Å². The zero-order chi connectivity index (χ0) is 26.0. The van der Waals surface area contributed by atoms with Crippen LogP contribution in [0.2, 0.25) is 0 Å². The van der Waals surface area contributed by atoms with Gasteiger partial charge in [-0.15, -0.1) is 0 Å². The fourth-order valence-electron chi connectivity index (χ4n) is 5.48. The van der Waals surface area contributed by atoms with Crippen molar-refractivity contribution < 1.29 is 13.2 Å². The molecule has 0 N–H and O–H groups in total. The summed E-state index contributed by atoms with van der Waals surface area (Å²) in [6.45, 7) is 3.68. The molecule has 0 amide bonds. The van der Waals surface area contributed by atoms with E-state index in [1.165, 1.54) is 18.2 Å². The molecule has 2 heterocycles. The van der Waals surface area contributed by atoms with Crippen molar-refractivity contribution in [3.05, 3.63) is 82.9 Å². The van der Waals surface area contributed by atoms with E-state index < -0.39 is 9.84 Å². The van der Waals surface area contributed by atoms with Gasteiger partial charge in [-0.2, -0.15) is 5.26 Å². The first-order valence-corrected chi connectivity index (χ1v) is 14.4. The molecule has 0 unspecified atom stereocenters. The maximum absolute atomic E-state index is 13.7. The summed E-state index contributed by atoms with van der Waals surface area (Å²) in [6, 6.07) is 21.1. The van der Waals surface area contributed by atoms with E-state index in [1.54, 1.807) is 12.1 Å². The van der Waals surface area contributed by atoms with Crippen LogP contribution in [0, 0.1) is 11.3 Å². The van der Waals surface area contributed by atoms with E-state index in [9.17, 15) is 8.42 Å². The topological polar surface area (TPSA) is 73.6 Å². The van der Waals surface area contributed by atoms with Crippen LogP contribution in [0.5, 0.6) is 5.75 Å². The molecule has 37 heavy (non-hydrogen) atoms. The van der Waals surface area contributed by atoms with Crippen LogP contribution in [0.1, 0.15) is 41.0 Å². The highest BCUT2D eigenvalue weighted by molar-refractivity contribution is 7.91. The average molecular weight is 516 g/mol. The van der Waals surface area contributed by atoms with Crippen molar-refractivity contribution in [2.75, 3.05) is 45.2 Å². The first-order valence-electron chi connectivity index (χ1n) is 12.9. The summed E-state index contributed by atoms with van der Waals surface area (Å²) in [5.74, 6) is 0.890. The highest BCUT2D eigenvalue weighted by Crippen LogP contribution is 2.35. The van der Waals surface area contributed by atoms with Crippen molar-refractivity contribution in [2.45, 2.75) is 41.4 Å². The van der Waals surface area contributed by atoms with E-state index in [1.807, 2.05) is 36.4 Å². The van der Waals surface area contributed by atoms with Gasteiger partial charge in [0.1, 0.15) is 10.6 Å². The maximum atomic E-state index is 13.7. The van der Waals surface area contributed by atoms with Crippen LogP contribution < -0.4 is 9.64 Å². The van der Waals surface area contributed by atoms with Crippen LogP contribution in [-0.2, 0) is 22.7 Å². The Hall–Kier alpha value is -3.34. The summed E-state index contributed by atoms with van der Waals surface area (Å²) in [7, 11) is -0.0878. The second-order valence-electron chi connectivity index (χ2n) is 10.1. The predicted octanol–water partition coefficient (Wildman–Crippen LogP) is 4.81. The largest absolute Gasteiger partial charge is 0.495 e. The van der Waals surface area contributed by atoms with Gasteiger partial charge in [-0.1, -0.05) is 12.1 Å². The molecule has 0 bridgehead atoms. The van der Waals surface area contributed by atoms with Gasteiger partial charge in [0.25, 0.3) is 0 Å². The number of nitrogens with zero attached hydrogens (tertiary/aromatic N) is 3. The van der Waals surface area contributed by atoms with Crippen molar-refractivity contribution >= 4 is 15.5 Å². The third kappa shape index (κ3) is 5.22. The van der Waals surface area contributed by atoms with E-state index in [0.717, 1.165) is 63.1 Å². The smallest absolute Gasteiger partial charge is 0.210 e. The molecule has 0 saturated carbocycles. The molecule has 1 saturated heterocycles. The van der Waals surface area contributed by atoms with Gasteiger partial charge in [-0.3, -0.25) is 0 Å². The monoisotopic (exact) mass is 515 g/mol. The predicted molar refractivity (Wildman–Crippen MR) is 145 cm³/mol. The Balaban J connectivity index is 1.32. The molecule has 7 heteroatoms. The van der Waals surface area contributed by atoms with Crippen LogP contribution in [0.25, 0.3) is 0 Å². The van der Waals surface area contributed by atoms with Gasteiger partial charge in [0.2, 0.25) is 9.84 Å². The number of methoxy groups -OCH3 is 1. The molecule has 2 aliphatic rings. The van der Waals surface area contributed by atoms with Gasteiger partial charge in [0.15, 0.2) is 0 Å². The number of likely N-dealkylation sites (N-methyl/N-ethyl adjacent to an activating group) is 1. The molecule has 0 radical (unpaired) electrons. The van der Waals surface area contributed by atoms with Gasteiger partial charge in [0.05, 0.1) is 23.6 Å². The first-order chi connectivity index (χ1) is 17.9. The second kappa shape index (κ2) is 10.6. The number of sulfone groups is 1. The quantitative estimate of drug-likeness (QED) is 0.485. The number of ether oxygens (including phenoxy) is 1. The summed E-state index contributed by atoms with van der Waals surface area (Å²) in [5, 5.41) is 9.02. The standard InChI is InChI=1S/C30H33N3O3S/c1-32-15-11-25-19-29(36-2)30(20-26(25)12-16-32)37(34,35)28-9-7-27(8-10-28)33-17-13-24(14-18-33)23-5-3-22(21-31)4-6-23/h3-10,19-20,24H,11-18H2,1-2H3. The van der Waals surface area contributed by atoms with Crippen molar-refractivity contribution in [3.8, 4) is 11.8 Å². The molecule has 0 aliphatic carbocycles. The zero-order valence-corrected chi connectivity index (χ0v) is 22.3. The van der Waals surface area contributed by atoms with E-state index in [2.05, 4.69) is 35.0 Å². The Morgan fingerprint density at radius 2 is 1.51 bits per heavy atom. The normalized spacial score (nSPS) is 17.1. The molecular weight excluding hydrogens is 482 g/mol. The SMILES string of the molecule is COc1cc2c(cc1S(=O)(=O)c1ccc(N3CCC(c4ccc(C#N)cc4)CC3)cc1)CCN(C)CC2. The minimum Gasteiger partial charge on any atom is -0.495 e. The highest BCUT2D eigenvalue weighted by atomic mass is 32.2. The third-order valence-electron chi connectivity index (χ3n) is 7.82.